The maximum atomic E-state index is 12.1. The molecule has 17 heavy (non-hydrogen) atoms. The zero-order valence-electron chi connectivity index (χ0n) is 9.12. The largest absolute Gasteiger partial charge is 0.396 e. The first-order valence-corrected chi connectivity index (χ1v) is 5.14. The van der Waals surface area contributed by atoms with E-state index in [1.54, 1.807) is 7.05 Å². The summed E-state index contributed by atoms with van der Waals surface area (Å²) in [6, 6.07) is -0.00538. The van der Waals surface area contributed by atoms with Crippen molar-refractivity contribution in [3.8, 4) is 0 Å². The zero-order valence-corrected chi connectivity index (χ0v) is 9.12. The van der Waals surface area contributed by atoms with Gasteiger partial charge in [0.2, 0.25) is 5.89 Å². The van der Waals surface area contributed by atoms with Gasteiger partial charge in [0.1, 0.15) is 6.42 Å². The molecule has 0 saturated carbocycles. The van der Waals surface area contributed by atoms with Crippen molar-refractivity contribution in [1.29, 1.82) is 0 Å². The van der Waals surface area contributed by atoms with E-state index in [1.807, 2.05) is 0 Å². The zero-order chi connectivity index (χ0) is 12.5. The van der Waals surface area contributed by atoms with E-state index in [-0.39, 0.29) is 23.7 Å². The Balaban J connectivity index is 2.07. The maximum Gasteiger partial charge on any atom is 0.396 e. The van der Waals surface area contributed by atoms with Gasteiger partial charge in [-0.1, -0.05) is 5.16 Å². The summed E-state index contributed by atoms with van der Waals surface area (Å²) in [6.07, 6.45) is -5.50. The monoisotopic (exact) mass is 251 g/mol. The van der Waals surface area contributed by atoms with Crippen molar-refractivity contribution >= 4 is 0 Å². The molecule has 1 aromatic heterocycles. The molecule has 0 aromatic carbocycles. The molecule has 1 aromatic rings. The van der Waals surface area contributed by atoms with Gasteiger partial charge in [-0.3, -0.25) is 0 Å². The van der Waals surface area contributed by atoms with Crippen molar-refractivity contribution in [3.05, 3.63) is 11.7 Å². The Morgan fingerprint density at radius 1 is 1.41 bits per heavy atom. The van der Waals surface area contributed by atoms with Gasteiger partial charge in [-0.05, 0) is 7.05 Å². The first kappa shape index (κ1) is 12.3. The number of alkyl halides is 3. The molecule has 2 unspecified atom stereocenters. The number of nitrogens with one attached hydrogen (secondary N) is 1. The first-order chi connectivity index (χ1) is 7.99. The highest BCUT2D eigenvalue weighted by molar-refractivity contribution is 5.02. The Hall–Kier alpha value is -1.15. The Morgan fingerprint density at radius 2 is 2.18 bits per heavy atom. The van der Waals surface area contributed by atoms with E-state index in [0.29, 0.717) is 13.2 Å². The molecular formula is C9H12F3N3O2. The minimum absolute atomic E-state index is 0.00538. The Morgan fingerprint density at radius 3 is 2.82 bits per heavy atom. The molecule has 0 spiro atoms. The average molecular weight is 251 g/mol. The molecule has 1 fully saturated rings. The standard InChI is InChI=1S/C9H12F3N3O2/c1-13-6-4-16-3-5(6)8-14-7(15-17-8)2-9(10,11)12/h5-6,13H,2-4H2,1H3. The molecule has 5 nitrogen and oxygen atoms in total. The van der Waals surface area contributed by atoms with Gasteiger partial charge in [0, 0.05) is 6.04 Å². The van der Waals surface area contributed by atoms with Crippen molar-refractivity contribution in [2.45, 2.75) is 24.6 Å². The number of nitrogens with zero attached hydrogens (tertiary/aromatic N) is 2. The van der Waals surface area contributed by atoms with Crippen LogP contribution >= 0.6 is 0 Å². The molecule has 2 rings (SSSR count). The Kier molecular flexibility index (Phi) is 3.34. The predicted molar refractivity (Wildman–Crippen MR) is 50.5 cm³/mol. The summed E-state index contributed by atoms with van der Waals surface area (Å²) in [5.41, 5.74) is 0. The number of hydrogen-bond donors (Lipinski definition) is 1. The van der Waals surface area contributed by atoms with Crippen LogP contribution in [0.2, 0.25) is 0 Å². The van der Waals surface area contributed by atoms with Crippen LogP contribution in [0.3, 0.4) is 0 Å². The van der Waals surface area contributed by atoms with E-state index in [9.17, 15) is 13.2 Å². The van der Waals surface area contributed by atoms with Crippen LogP contribution in [0.1, 0.15) is 17.6 Å². The van der Waals surface area contributed by atoms with Gasteiger partial charge in [0.25, 0.3) is 0 Å². The molecule has 0 bridgehead atoms. The fraction of sp³-hybridized carbons (Fsp3) is 0.778. The second-order valence-electron chi connectivity index (χ2n) is 3.88. The lowest BCUT2D eigenvalue weighted by Gasteiger charge is -2.11. The maximum absolute atomic E-state index is 12.1. The second kappa shape index (κ2) is 4.61. The van der Waals surface area contributed by atoms with E-state index >= 15 is 0 Å². The Bertz CT molecular complexity index is 380. The summed E-state index contributed by atoms with van der Waals surface area (Å²) in [6.45, 7) is 0.858. The van der Waals surface area contributed by atoms with Gasteiger partial charge in [0.15, 0.2) is 5.82 Å². The van der Waals surface area contributed by atoms with Crippen LogP contribution in [-0.4, -0.2) is 42.6 Å². The van der Waals surface area contributed by atoms with Gasteiger partial charge in [0.05, 0.1) is 19.1 Å². The predicted octanol–water partition coefficient (Wildman–Crippen LogP) is 0.876. The topological polar surface area (TPSA) is 60.2 Å². The smallest absolute Gasteiger partial charge is 0.379 e. The molecule has 0 radical (unpaired) electrons. The molecule has 0 aliphatic carbocycles. The van der Waals surface area contributed by atoms with Crippen molar-refractivity contribution in [3.63, 3.8) is 0 Å². The highest BCUT2D eigenvalue weighted by Crippen LogP contribution is 2.26. The minimum atomic E-state index is -4.32. The quantitative estimate of drug-likeness (QED) is 0.864. The average Bonchev–Trinajstić information content (AvgIpc) is 2.81. The van der Waals surface area contributed by atoms with Crippen molar-refractivity contribution in [1.82, 2.24) is 15.5 Å². The molecule has 96 valence electrons. The van der Waals surface area contributed by atoms with Gasteiger partial charge in [-0.2, -0.15) is 18.2 Å². The van der Waals surface area contributed by atoms with Gasteiger partial charge < -0.3 is 14.6 Å². The number of likely N-dealkylation sites (N-methyl/N-ethyl adjacent to an activating group) is 1. The van der Waals surface area contributed by atoms with E-state index in [2.05, 4.69) is 15.5 Å². The van der Waals surface area contributed by atoms with Crippen molar-refractivity contribution < 1.29 is 22.4 Å². The molecule has 1 saturated heterocycles. The molecule has 1 N–H and O–H groups in total. The SMILES string of the molecule is CNC1COCC1c1nc(CC(F)(F)F)no1. The van der Waals surface area contributed by atoms with Crippen molar-refractivity contribution in [2.24, 2.45) is 0 Å². The first-order valence-electron chi connectivity index (χ1n) is 5.14. The summed E-state index contributed by atoms with van der Waals surface area (Å²) < 4.78 is 46.4. The van der Waals surface area contributed by atoms with Gasteiger partial charge in [-0.15, -0.1) is 0 Å². The lowest BCUT2D eigenvalue weighted by atomic mass is 10.0. The van der Waals surface area contributed by atoms with Crippen LogP contribution in [0.4, 0.5) is 13.2 Å². The van der Waals surface area contributed by atoms with Gasteiger partial charge in [-0.25, -0.2) is 0 Å². The van der Waals surface area contributed by atoms with Crippen LogP contribution in [0.25, 0.3) is 0 Å². The van der Waals surface area contributed by atoms with Crippen LogP contribution < -0.4 is 5.32 Å². The molecule has 2 heterocycles. The molecule has 1 aliphatic rings. The number of hydrogen-bond acceptors (Lipinski definition) is 5. The fourth-order valence-electron chi connectivity index (χ4n) is 1.75. The summed E-state index contributed by atoms with van der Waals surface area (Å²) >= 11 is 0. The lowest BCUT2D eigenvalue weighted by molar-refractivity contribution is -0.128. The van der Waals surface area contributed by atoms with E-state index in [4.69, 9.17) is 9.26 Å². The number of aromatic nitrogens is 2. The highest BCUT2D eigenvalue weighted by atomic mass is 19.4. The Labute approximate surface area is 95.3 Å². The van der Waals surface area contributed by atoms with E-state index < -0.39 is 12.6 Å². The molecule has 2 atom stereocenters. The number of rotatable bonds is 3. The third-order valence-corrected chi connectivity index (χ3v) is 2.61. The van der Waals surface area contributed by atoms with Crippen LogP contribution in [-0.2, 0) is 11.2 Å². The number of halogens is 3. The van der Waals surface area contributed by atoms with Crippen molar-refractivity contribution in [2.75, 3.05) is 20.3 Å². The van der Waals surface area contributed by atoms with Gasteiger partial charge >= 0.3 is 6.18 Å². The summed E-state index contributed by atoms with van der Waals surface area (Å²) in [4.78, 5) is 3.76. The molecular weight excluding hydrogens is 239 g/mol. The molecule has 8 heteroatoms. The number of ether oxygens (including phenoxy) is 1. The summed E-state index contributed by atoms with van der Waals surface area (Å²) in [5, 5.41) is 6.32. The third-order valence-electron chi connectivity index (χ3n) is 2.61. The van der Waals surface area contributed by atoms with E-state index in [0.717, 1.165) is 0 Å². The second-order valence-corrected chi connectivity index (χ2v) is 3.88. The summed E-state index contributed by atoms with van der Waals surface area (Å²) in [5.74, 6) is -0.329. The fourth-order valence-corrected chi connectivity index (χ4v) is 1.75. The highest BCUT2D eigenvalue weighted by Gasteiger charge is 2.35. The van der Waals surface area contributed by atoms with Crippen LogP contribution in [0.5, 0.6) is 0 Å². The molecule has 1 aliphatic heterocycles. The van der Waals surface area contributed by atoms with E-state index in [1.165, 1.54) is 0 Å². The minimum Gasteiger partial charge on any atom is -0.379 e. The normalized spacial score (nSPS) is 25.4. The van der Waals surface area contributed by atoms with Crippen LogP contribution in [0.15, 0.2) is 4.52 Å². The lowest BCUT2D eigenvalue weighted by Crippen LogP contribution is -2.31. The van der Waals surface area contributed by atoms with Crippen LogP contribution in [0, 0.1) is 0 Å². The summed E-state index contributed by atoms with van der Waals surface area (Å²) in [7, 11) is 1.75. The third kappa shape index (κ3) is 2.95. The molecule has 0 amide bonds.